The van der Waals surface area contributed by atoms with Gasteiger partial charge in [0.15, 0.2) is 5.78 Å². The number of hydrogen-bond acceptors (Lipinski definition) is 3. The lowest BCUT2D eigenvalue weighted by Gasteiger charge is -2.10. The molecule has 1 heterocycles. The number of aromatic nitrogens is 1. The summed E-state index contributed by atoms with van der Waals surface area (Å²) in [4.78, 5) is 15.6. The number of ketones is 1. The number of carbonyl (C=O) groups excluding carboxylic acids is 1. The van der Waals surface area contributed by atoms with Crippen LogP contribution in [0.15, 0.2) is 42.6 Å². The minimum Gasteiger partial charge on any atom is -0.491 e. The number of Topliss-reactive ketones (excluding diaryl/α,β-unsaturated/α-hetero) is 1. The molecule has 2 aromatic carbocycles. The van der Waals surface area contributed by atoms with Gasteiger partial charge in [-0.2, -0.15) is 0 Å². The number of benzene rings is 2. The van der Waals surface area contributed by atoms with E-state index in [9.17, 15) is 9.18 Å². The van der Waals surface area contributed by atoms with Gasteiger partial charge in [-0.3, -0.25) is 4.79 Å². The van der Waals surface area contributed by atoms with Crippen LogP contribution in [0.2, 0.25) is 5.02 Å². The van der Waals surface area contributed by atoms with Crippen LogP contribution in [0.4, 0.5) is 4.39 Å². The van der Waals surface area contributed by atoms with E-state index in [0.717, 1.165) is 0 Å². The standard InChI is InChI=1S/C18H15ClFNO3/c19-14-8-12(20)9-15-18(14)13(10-21-15)16(23)7-11-3-1-2-4-17(11)24-6-5-22/h1-4,8-10,21-22H,5-7H2. The molecule has 0 unspecified atom stereocenters. The number of H-pyrrole nitrogens is 1. The Morgan fingerprint density at radius 1 is 1.29 bits per heavy atom. The topological polar surface area (TPSA) is 62.3 Å². The molecule has 0 spiro atoms. The highest BCUT2D eigenvalue weighted by atomic mass is 35.5. The Hall–Kier alpha value is -2.37. The molecular formula is C18H15ClFNO3. The number of nitrogens with one attached hydrogen (secondary N) is 1. The fraction of sp³-hybridized carbons (Fsp3) is 0.167. The van der Waals surface area contributed by atoms with E-state index in [1.807, 2.05) is 6.07 Å². The van der Waals surface area contributed by atoms with Gasteiger partial charge < -0.3 is 14.8 Å². The molecule has 0 aliphatic rings. The van der Waals surface area contributed by atoms with E-state index in [4.69, 9.17) is 21.4 Å². The monoisotopic (exact) mass is 347 g/mol. The van der Waals surface area contributed by atoms with Crippen molar-refractivity contribution in [3.63, 3.8) is 0 Å². The van der Waals surface area contributed by atoms with Gasteiger partial charge in [-0.05, 0) is 18.2 Å². The Kier molecular flexibility index (Phi) is 4.83. The second-order valence-electron chi connectivity index (χ2n) is 5.29. The minimum absolute atomic E-state index is 0.105. The maximum absolute atomic E-state index is 13.4. The minimum atomic E-state index is -0.462. The molecule has 0 bridgehead atoms. The van der Waals surface area contributed by atoms with Crippen LogP contribution in [0.3, 0.4) is 0 Å². The summed E-state index contributed by atoms with van der Waals surface area (Å²) in [6.07, 6.45) is 1.65. The SMILES string of the molecule is O=C(Cc1ccccc1OCCO)c1c[nH]c2cc(F)cc(Cl)c12. The molecule has 24 heavy (non-hydrogen) atoms. The Balaban J connectivity index is 1.91. The highest BCUT2D eigenvalue weighted by Gasteiger charge is 2.17. The summed E-state index contributed by atoms with van der Waals surface area (Å²) in [5, 5.41) is 9.59. The Labute approximate surface area is 142 Å². The second-order valence-corrected chi connectivity index (χ2v) is 5.70. The molecule has 0 radical (unpaired) electrons. The van der Waals surface area contributed by atoms with E-state index in [-0.39, 0.29) is 30.4 Å². The number of fused-ring (bicyclic) bond motifs is 1. The molecule has 0 atom stereocenters. The first-order valence-corrected chi connectivity index (χ1v) is 7.79. The van der Waals surface area contributed by atoms with Crippen LogP contribution in [0.5, 0.6) is 5.75 Å². The smallest absolute Gasteiger partial charge is 0.169 e. The second kappa shape index (κ2) is 7.03. The molecular weight excluding hydrogens is 333 g/mol. The zero-order valence-corrected chi connectivity index (χ0v) is 13.4. The lowest BCUT2D eigenvalue weighted by molar-refractivity contribution is 0.0993. The van der Waals surface area contributed by atoms with E-state index in [2.05, 4.69) is 4.98 Å². The first kappa shape index (κ1) is 16.5. The molecule has 124 valence electrons. The predicted molar refractivity (Wildman–Crippen MR) is 90.3 cm³/mol. The number of rotatable bonds is 6. The van der Waals surface area contributed by atoms with Crippen LogP contribution in [0.1, 0.15) is 15.9 Å². The van der Waals surface area contributed by atoms with Crippen molar-refractivity contribution in [2.45, 2.75) is 6.42 Å². The molecule has 4 nitrogen and oxygen atoms in total. The van der Waals surface area contributed by atoms with Gasteiger partial charge in [-0.25, -0.2) is 4.39 Å². The molecule has 1 aromatic heterocycles. The van der Waals surface area contributed by atoms with Crippen LogP contribution in [0.25, 0.3) is 10.9 Å². The zero-order chi connectivity index (χ0) is 17.1. The average Bonchev–Trinajstić information content (AvgIpc) is 2.98. The summed E-state index contributed by atoms with van der Waals surface area (Å²) in [5.41, 5.74) is 1.60. The number of ether oxygens (including phenoxy) is 1. The molecule has 0 aliphatic heterocycles. The van der Waals surface area contributed by atoms with Gasteiger partial charge in [0, 0.05) is 29.1 Å². The highest BCUT2D eigenvalue weighted by molar-refractivity contribution is 6.37. The number of hydrogen-bond donors (Lipinski definition) is 2. The van der Waals surface area contributed by atoms with Crippen LogP contribution < -0.4 is 4.74 Å². The molecule has 3 rings (SSSR count). The van der Waals surface area contributed by atoms with Gasteiger partial charge in [-0.1, -0.05) is 29.8 Å². The van der Waals surface area contributed by atoms with Crippen molar-refractivity contribution in [2.24, 2.45) is 0 Å². The van der Waals surface area contributed by atoms with E-state index in [1.54, 1.807) is 18.2 Å². The summed E-state index contributed by atoms with van der Waals surface area (Å²) in [7, 11) is 0. The summed E-state index contributed by atoms with van der Waals surface area (Å²) in [5.74, 6) is -0.0669. The predicted octanol–water partition coefficient (Wildman–Crippen LogP) is 3.76. The molecule has 2 N–H and O–H groups in total. The van der Waals surface area contributed by atoms with Crippen LogP contribution in [-0.4, -0.2) is 29.1 Å². The number of aliphatic hydroxyl groups is 1. The van der Waals surface area contributed by atoms with Crippen LogP contribution >= 0.6 is 11.6 Å². The number of carbonyl (C=O) groups is 1. The maximum Gasteiger partial charge on any atom is 0.169 e. The first-order chi connectivity index (χ1) is 11.6. The van der Waals surface area contributed by atoms with Crippen molar-refractivity contribution >= 4 is 28.3 Å². The Morgan fingerprint density at radius 2 is 2.08 bits per heavy atom. The van der Waals surface area contributed by atoms with Crippen molar-refractivity contribution in [1.82, 2.24) is 4.98 Å². The molecule has 0 fully saturated rings. The van der Waals surface area contributed by atoms with Crippen molar-refractivity contribution in [3.8, 4) is 5.75 Å². The largest absolute Gasteiger partial charge is 0.491 e. The van der Waals surface area contributed by atoms with Gasteiger partial charge in [0.25, 0.3) is 0 Å². The number of para-hydroxylation sites is 1. The van der Waals surface area contributed by atoms with Gasteiger partial charge in [0.2, 0.25) is 0 Å². The number of halogens is 2. The molecule has 0 saturated carbocycles. The fourth-order valence-electron chi connectivity index (χ4n) is 2.62. The Morgan fingerprint density at radius 3 is 2.88 bits per heavy atom. The number of aromatic amines is 1. The van der Waals surface area contributed by atoms with Crippen LogP contribution in [0, 0.1) is 5.82 Å². The van der Waals surface area contributed by atoms with Crippen molar-refractivity contribution < 1.29 is 19.0 Å². The summed E-state index contributed by atoms with van der Waals surface area (Å²) < 4.78 is 18.8. The van der Waals surface area contributed by atoms with E-state index in [0.29, 0.717) is 27.8 Å². The molecule has 0 saturated heterocycles. The normalized spacial score (nSPS) is 11.0. The third-order valence-electron chi connectivity index (χ3n) is 3.67. The van der Waals surface area contributed by atoms with Crippen LogP contribution in [-0.2, 0) is 6.42 Å². The van der Waals surface area contributed by atoms with Gasteiger partial charge in [-0.15, -0.1) is 0 Å². The zero-order valence-electron chi connectivity index (χ0n) is 12.7. The third kappa shape index (κ3) is 3.27. The van der Waals surface area contributed by atoms with E-state index >= 15 is 0 Å². The fourth-order valence-corrected chi connectivity index (χ4v) is 2.93. The number of aliphatic hydroxyl groups excluding tert-OH is 1. The summed E-state index contributed by atoms with van der Waals surface area (Å²) in [6.45, 7) is 0.0509. The first-order valence-electron chi connectivity index (χ1n) is 7.41. The Bertz CT molecular complexity index is 891. The molecule has 0 amide bonds. The molecule has 3 aromatic rings. The quantitative estimate of drug-likeness (QED) is 0.667. The average molecular weight is 348 g/mol. The maximum atomic E-state index is 13.4. The third-order valence-corrected chi connectivity index (χ3v) is 3.97. The van der Waals surface area contributed by atoms with Crippen molar-refractivity contribution in [3.05, 3.63) is 64.6 Å². The van der Waals surface area contributed by atoms with Crippen molar-refractivity contribution in [2.75, 3.05) is 13.2 Å². The van der Waals surface area contributed by atoms with E-state index in [1.165, 1.54) is 18.3 Å². The summed E-state index contributed by atoms with van der Waals surface area (Å²) >= 11 is 6.09. The lowest BCUT2D eigenvalue weighted by Crippen LogP contribution is -2.07. The lowest BCUT2D eigenvalue weighted by atomic mass is 10.0. The molecule has 0 aliphatic carbocycles. The van der Waals surface area contributed by atoms with Gasteiger partial charge in [0.05, 0.1) is 17.1 Å². The molecule has 6 heteroatoms. The van der Waals surface area contributed by atoms with Gasteiger partial charge >= 0.3 is 0 Å². The highest BCUT2D eigenvalue weighted by Crippen LogP contribution is 2.29. The summed E-state index contributed by atoms with van der Waals surface area (Å²) in [6, 6.07) is 9.64. The van der Waals surface area contributed by atoms with Crippen molar-refractivity contribution in [1.29, 1.82) is 0 Å². The van der Waals surface area contributed by atoms with E-state index < -0.39 is 5.82 Å². The van der Waals surface area contributed by atoms with Gasteiger partial charge in [0.1, 0.15) is 18.2 Å².